The Kier molecular flexibility index (Phi) is 2.94. The van der Waals surface area contributed by atoms with Crippen molar-refractivity contribution < 1.29 is 9.90 Å². The molecule has 1 heterocycles. The number of hydrogen-bond acceptors (Lipinski definition) is 2. The normalized spacial score (nSPS) is 20.4. The summed E-state index contributed by atoms with van der Waals surface area (Å²) in [5.74, 6) is -0.874. The molecule has 3 nitrogen and oxygen atoms in total. The zero-order valence-electron chi connectivity index (χ0n) is 9.75. The molecule has 0 aromatic heterocycles. The van der Waals surface area contributed by atoms with Crippen LogP contribution in [0.1, 0.15) is 29.6 Å². The van der Waals surface area contributed by atoms with Crippen molar-refractivity contribution in [2.45, 2.75) is 19.3 Å². The Labute approximate surface area is 122 Å². The van der Waals surface area contributed by atoms with Crippen LogP contribution in [0.3, 0.4) is 0 Å². The van der Waals surface area contributed by atoms with Gasteiger partial charge in [0.1, 0.15) is 0 Å². The Morgan fingerprint density at radius 3 is 2.44 bits per heavy atom. The van der Waals surface area contributed by atoms with E-state index in [1.165, 1.54) is 19.3 Å². The summed E-state index contributed by atoms with van der Waals surface area (Å²) in [6.45, 7) is 1.99. The maximum Gasteiger partial charge on any atom is 0.337 e. The summed E-state index contributed by atoms with van der Waals surface area (Å²) in [5.41, 5.74) is 1.68. The monoisotopic (exact) mass is 373 g/mol. The minimum atomic E-state index is -0.874. The molecule has 0 bridgehead atoms. The van der Waals surface area contributed by atoms with Gasteiger partial charge in [-0.15, -0.1) is 0 Å². The molecular weight excluding hydrogens is 362 g/mol. The largest absolute Gasteiger partial charge is 0.478 e. The molecule has 96 valence electrons. The molecule has 1 aromatic rings. The zero-order valence-corrected chi connectivity index (χ0v) is 12.9. The van der Waals surface area contributed by atoms with Crippen molar-refractivity contribution in [3.05, 3.63) is 26.6 Å². The van der Waals surface area contributed by atoms with Gasteiger partial charge in [0.2, 0.25) is 0 Å². The van der Waals surface area contributed by atoms with E-state index in [9.17, 15) is 9.90 Å². The Morgan fingerprint density at radius 1 is 1.28 bits per heavy atom. The van der Waals surface area contributed by atoms with Gasteiger partial charge >= 0.3 is 5.97 Å². The molecule has 2 aliphatic rings. The summed E-state index contributed by atoms with van der Waals surface area (Å²) in [4.78, 5) is 13.5. The smallest absolute Gasteiger partial charge is 0.337 e. The van der Waals surface area contributed by atoms with Crippen molar-refractivity contribution >= 4 is 43.5 Å². The van der Waals surface area contributed by atoms with Gasteiger partial charge in [0.25, 0.3) is 0 Å². The summed E-state index contributed by atoms with van der Waals surface area (Å²) in [6.07, 6.45) is 3.90. The van der Waals surface area contributed by atoms with Crippen LogP contribution in [-0.2, 0) is 0 Å². The van der Waals surface area contributed by atoms with Gasteiger partial charge in [0, 0.05) is 27.4 Å². The summed E-state index contributed by atoms with van der Waals surface area (Å²) < 4.78 is 1.64. The number of anilines is 1. The molecule has 0 radical (unpaired) electrons. The Bertz CT molecular complexity index is 518. The van der Waals surface area contributed by atoms with E-state index >= 15 is 0 Å². The number of carboxylic acid groups (broad SMARTS) is 1. The minimum Gasteiger partial charge on any atom is -0.478 e. The standard InChI is InChI=1S/C13H13Br2NO2/c14-8-4-9(12(17)18)11(10(15)5-8)16-6-13(7-16)2-1-3-13/h4-5H,1-3,6-7H2,(H,17,18). The highest BCUT2D eigenvalue weighted by Crippen LogP contribution is 2.51. The molecule has 1 saturated carbocycles. The van der Waals surface area contributed by atoms with Crippen molar-refractivity contribution in [1.29, 1.82) is 0 Å². The third-order valence-corrected chi connectivity index (χ3v) is 5.10. The number of carboxylic acids is 1. The second kappa shape index (κ2) is 4.23. The van der Waals surface area contributed by atoms with Gasteiger partial charge in [-0.1, -0.05) is 22.4 Å². The highest BCUT2D eigenvalue weighted by Gasteiger charge is 2.48. The van der Waals surface area contributed by atoms with Gasteiger partial charge < -0.3 is 10.0 Å². The lowest BCUT2D eigenvalue weighted by molar-refractivity contribution is 0.0690. The number of rotatable bonds is 2. The van der Waals surface area contributed by atoms with Crippen LogP contribution in [-0.4, -0.2) is 24.2 Å². The molecule has 1 aliphatic heterocycles. The zero-order chi connectivity index (χ0) is 12.9. The van der Waals surface area contributed by atoms with E-state index in [-0.39, 0.29) is 0 Å². The molecular formula is C13H13Br2NO2. The van der Waals surface area contributed by atoms with E-state index in [1.807, 2.05) is 6.07 Å². The molecule has 18 heavy (non-hydrogen) atoms. The van der Waals surface area contributed by atoms with Crippen LogP contribution in [0.2, 0.25) is 0 Å². The van der Waals surface area contributed by atoms with Crippen LogP contribution in [0.5, 0.6) is 0 Å². The molecule has 2 fully saturated rings. The molecule has 0 unspecified atom stereocenters. The van der Waals surface area contributed by atoms with Crippen molar-refractivity contribution in [1.82, 2.24) is 0 Å². The molecule has 1 saturated heterocycles. The van der Waals surface area contributed by atoms with E-state index in [0.29, 0.717) is 11.0 Å². The number of carbonyl (C=O) groups is 1. The van der Waals surface area contributed by atoms with E-state index in [1.54, 1.807) is 6.07 Å². The van der Waals surface area contributed by atoms with E-state index in [0.717, 1.165) is 27.7 Å². The summed E-state index contributed by atoms with van der Waals surface area (Å²) in [6, 6.07) is 3.59. The van der Waals surface area contributed by atoms with Crippen LogP contribution in [0.15, 0.2) is 21.1 Å². The third-order valence-electron chi connectivity index (χ3n) is 4.04. The van der Waals surface area contributed by atoms with Crippen LogP contribution < -0.4 is 4.90 Å². The van der Waals surface area contributed by atoms with Gasteiger partial charge in [-0.3, -0.25) is 0 Å². The summed E-state index contributed by atoms with van der Waals surface area (Å²) >= 11 is 6.82. The van der Waals surface area contributed by atoms with Crippen LogP contribution in [0, 0.1) is 5.41 Å². The molecule has 1 aromatic carbocycles. The first kappa shape index (κ1) is 12.5. The SMILES string of the molecule is O=C(O)c1cc(Br)cc(Br)c1N1CC2(CCC2)C1. The maximum atomic E-state index is 11.3. The van der Waals surface area contributed by atoms with Gasteiger partial charge in [-0.25, -0.2) is 4.79 Å². The lowest BCUT2D eigenvalue weighted by Crippen LogP contribution is -2.60. The van der Waals surface area contributed by atoms with Crippen molar-refractivity contribution in [3.63, 3.8) is 0 Å². The average molecular weight is 375 g/mol. The minimum absolute atomic E-state index is 0.366. The fraction of sp³-hybridized carbons (Fsp3) is 0.462. The molecule has 0 atom stereocenters. The number of nitrogens with zero attached hydrogens (tertiary/aromatic N) is 1. The summed E-state index contributed by atoms with van der Waals surface area (Å²) in [5, 5.41) is 9.32. The van der Waals surface area contributed by atoms with Crippen molar-refractivity contribution in [2.75, 3.05) is 18.0 Å². The molecule has 5 heteroatoms. The van der Waals surface area contributed by atoms with Gasteiger partial charge in [-0.05, 0) is 40.9 Å². The van der Waals surface area contributed by atoms with Crippen LogP contribution >= 0.6 is 31.9 Å². The first-order valence-electron chi connectivity index (χ1n) is 5.98. The Hall–Kier alpha value is -0.550. The predicted molar refractivity (Wildman–Crippen MR) is 77.3 cm³/mol. The van der Waals surface area contributed by atoms with Gasteiger partial charge in [0.15, 0.2) is 0 Å². The molecule has 1 N–H and O–H groups in total. The maximum absolute atomic E-state index is 11.3. The van der Waals surface area contributed by atoms with Crippen molar-refractivity contribution in [2.24, 2.45) is 5.41 Å². The van der Waals surface area contributed by atoms with Crippen LogP contribution in [0.25, 0.3) is 0 Å². The molecule has 1 spiro atoms. The Morgan fingerprint density at radius 2 is 1.94 bits per heavy atom. The first-order valence-corrected chi connectivity index (χ1v) is 7.57. The molecule has 0 amide bonds. The first-order chi connectivity index (χ1) is 8.51. The number of halogens is 2. The fourth-order valence-electron chi connectivity index (χ4n) is 2.96. The number of hydrogen-bond donors (Lipinski definition) is 1. The summed E-state index contributed by atoms with van der Waals surface area (Å²) in [7, 11) is 0. The fourth-order valence-corrected chi connectivity index (χ4v) is 4.44. The quantitative estimate of drug-likeness (QED) is 0.853. The van der Waals surface area contributed by atoms with Gasteiger partial charge in [0.05, 0.1) is 11.3 Å². The second-order valence-corrected chi connectivity index (χ2v) is 7.07. The number of aromatic carboxylic acids is 1. The van der Waals surface area contributed by atoms with E-state index < -0.39 is 5.97 Å². The predicted octanol–water partition coefficient (Wildman–Crippen LogP) is 3.90. The average Bonchev–Trinajstić information content (AvgIpc) is 2.15. The van der Waals surface area contributed by atoms with E-state index in [4.69, 9.17) is 0 Å². The topological polar surface area (TPSA) is 40.5 Å². The van der Waals surface area contributed by atoms with Crippen molar-refractivity contribution in [3.8, 4) is 0 Å². The van der Waals surface area contributed by atoms with Crippen LogP contribution in [0.4, 0.5) is 5.69 Å². The lowest BCUT2D eigenvalue weighted by atomic mass is 9.63. The highest BCUT2D eigenvalue weighted by molar-refractivity contribution is 9.11. The third kappa shape index (κ3) is 1.88. The van der Waals surface area contributed by atoms with E-state index in [2.05, 4.69) is 36.8 Å². The molecule has 3 rings (SSSR count). The Balaban J connectivity index is 1.94. The number of benzene rings is 1. The lowest BCUT2D eigenvalue weighted by Gasteiger charge is -2.57. The second-order valence-electron chi connectivity index (χ2n) is 5.30. The highest BCUT2D eigenvalue weighted by atomic mass is 79.9. The van der Waals surface area contributed by atoms with Gasteiger partial charge in [-0.2, -0.15) is 0 Å². The molecule has 1 aliphatic carbocycles.